The first-order chi connectivity index (χ1) is 9.04. The molecule has 2 aromatic rings. The van der Waals surface area contributed by atoms with Gasteiger partial charge in [-0.05, 0) is 43.2 Å². The van der Waals surface area contributed by atoms with Gasteiger partial charge in [0.1, 0.15) is 0 Å². The Morgan fingerprint density at radius 2 is 1.74 bits per heavy atom. The van der Waals surface area contributed by atoms with Crippen LogP contribution in [0.25, 0.3) is 0 Å². The molecular weight excluding hydrogens is 312 g/mol. The van der Waals surface area contributed by atoms with Crippen molar-refractivity contribution < 1.29 is 8.78 Å². The van der Waals surface area contributed by atoms with Gasteiger partial charge in [-0.25, -0.2) is 8.78 Å². The maximum Gasteiger partial charge on any atom is 0.160 e. The lowest BCUT2D eigenvalue weighted by Gasteiger charge is -2.15. The van der Waals surface area contributed by atoms with Crippen LogP contribution in [-0.2, 0) is 6.42 Å². The Bertz CT molecular complexity index is 555. The Kier molecular flexibility index (Phi) is 4.53. The van der Waals surface area contributed by atoms with E-state index in [4.69, 9.17) is 0 Å². The van der Waals surface area contributed by atoms with Gasteiger partial charge in [-0.1, -0.05) is 28.1 Å². The second-order valence-corrected chi connectivity index (χ2v) is 5.42. The number of hydrogen-bond acceptors (Lipinski definition) is 1. The minimum atomic E-state index is -0.833. The molecule has 0 fully saturated rings. The van der Waals surface area contributed by atoms with Crippen LogP contribution < -0.4 is 5.32 Å². The van der Waals surface area contributed by atoms with Gasteiger partial charge < -0.3 is 5.32 Å². The van der Waals surface area contributed by atoms with Crippen molar-refractivity contribution in [2.75, 3.05) is 5.32 Å². The first-order valence-corrected chi connectivity index (χ1v) is 6.80. The number of rotatable bonds is 4. The number of benzene rings is 2. The fourth-order valence-corrected chi connectivity index (χ4v) is 2.16. The van der Waals surface area contributed by atoms with E-state index in [1.54, 1.807) is 0 Å². The summed E-state index contributed by atoms with van der Waals surface area (Å²) in [5.41, 5.74) is 1.77. The van der Waals surface area contributed by atoms with E-state index < -0.39 is 11.6 Å². The van der Waals surface area contributed by atoms with Gasteiger partial charge in [-0.15, -0.1) is 0 Å². The van der Waals surface area contributed by atoms with E-state index in [2.05, 4.69) is 21.2 Å². The Morgan fingerprint density at radius 3 is 2.37 bits per heavy atom. The van der Waals surface area contributed by atoms with Crippen molar-refractivity contribution in [3.8, 4) is 0 Å². The molecule has 0 aromatic heterocycles. The van der Waals surface area contributed by atoms with Crippen molar-refractivity contribution in [2.24, 2.45) is 0 Å². The van der Waals surface area contributed by atoms with Gasteiger partial charge in [0.15, 0.2) is 11.6 Å². The molecule has 100 valence electrons. The first kappa shape index (κ1) is 14.0. The Morgan fingerprint density at radius 1 is 1.05 bits per heavy atom. The van der Waals surface area contributed by atoms with Crippen LogP contribution in [-0.4, -0.2) is 6.04 Å². The molecule has 0 amide bonds. The standard InChI is InChI=1S/C15H14BrF2N/c1-10(8-11-2-4-12(16)5-3-11)19-13-6-7-14(17)15(18)9-13/h2-7,9-10,19H,8H2,1H3. The molecule has 0 heterocycles. The third kappa shape index (κ3) is 4.03. The molecule has 0 saturated heterocycles. The summed E-state index contributed by atoms with van der Waals surface area (Å²) in [6, 6.07) is 12.0. The van der Waals surface area contributed by atoms with Crippen LogP contribution in [0.1, 0.15) is 12.5 Å². The predicted octanol–water partition coefficient (Wildman–Crippen LogP) is 4.77. The molecule has 0 bridgehead atoms. The van der Waals surface area contributed by atoms with Crippen molar-refractivity contribution >= 4 is 21.6 Å². The SMILES string of the molecule is CC(Cc1ccc(Br)cc1)Nc1ccc(F)c(F)c1. The summed E-state index contributed by atoms with van der Waals surface area (Å²) in [7, 11) is 0. The molecule has 0 radical (unpaired) electrons. The Balaban J connectivity index is 1.98. The van der Waals surface area contributed by atoms with E-state index in [1.807, 2.05) is 31.2 Å². The summed E-state index contributed by atoms with van der Waals surface area (Å²) in [6.07, 6.45) is 0.812. The highest BCUT2D eigenvalue weighted by Crippen LogP contribution is 2.16. The molecule has 0 saturated carbocycles. The van der Waals surface area contributed by atoms with Crippen LogP contribution in [0.15, 0.2) is 46.9 Å². The summed E-state index contributed by atoms with van der Waals surface area (Å²) in [4.78, 5) is 0. The minimum absolute atomic E-state index is 0.131. The minimum Gasteiger partial charge on any atom is -0.382 e. The summed E-state index contributed by atoms with van der Waals surface area (Å²) < 4.78 is 26.9. The van der Waals surface area contributed by atoms with Gasteiger partial charge >= 0.3 is 0 Å². The molecule has 1 N–H and O–H groups in total. The van der Waals surface area contributed by atoms with Crippen molar-refractivity contribution in [2.45, 2.75) is 19.4 Å². The lowest BCUT2D eigenvalue weighted by atomic mass is 10.1. The fourth-order valence-electron chi connectivity index (χ4n) is 1.90. The number of halogens is 3. The van der Waals surface area contributed by atoms with Gasteiger partial charge in [-0.2, -0.15) is 0 Å². The van der Waals surface area contributed by atoms with Crippen LogP contribution in [0.5, 0.6) is 0 Å². The fraction of sp³-hybridized carbons (Fsp3) is 0.200. The average Bonchev–Trinajstić information content (AvgIpc) is 2.37. The van der Waals surface area contributed by atoms with Crippen molar-refractivity contribution in [3.05, 3.63) is 64.1 Å². The number of anilines is 1. The molecule has 2 aromatic carbocycles. The van der Waals surface area contributed by atoms with Gasteiger partial charge in [0.2, 0.25) is 0 Å². The maximum atomic E-state index is 13.1. The summed E-state index contributed by atoms with van der Waals surface area (Å²) in [6.45, 7) is 2.00. The normalized spacial score (nSPS) is 12.2. The van der Waals surface area contributed by atoms with E-state index in [1.165, 1.54) is 17.7 Å². The molecule has 0 aliphatic rings. The van der Waals surface area contributed by atoms with Gasteiger partial charge in [0.25, 0.3) is 0 Å². The zero-order valence-corrected chi connectivity index (χ0v) is 12.0. The third-order valence-corrected chi connectivity index (χ3v) is 3.32. The summed E-state index contributed by atoms with van der Waals surface area (Å²) in [5.74, 6) is -1.66. The number of hydrogen-bond donors (Lipinski definition) is 1. The van der Waals surface area contributed by atoms with Crippen LogP contribution >= 0.6 is 15.9 Å². The van der Waals surface area contributed by atoms with Crippen LogP contribution in [0, 0.1) is 11.6 Å². The molecule has 1 nitrogen and oxygen atoms in total. The molecule has 19 heavy (non-hydrogen) atoms. The molecular formula is C15H14BrF2N. The van der Waals surface area contributed by atoms with E-state index in [9.17, 15) is 8.78 Å². The maximum absolute atomic E-state index is 13.1. The van der Waals surface area contributed by atoms with Crippen molar-refractivity contribution in [1.29, 1.82) is 0 Å². The zero-order valence-electron chi connectivity index (χ0n) is 10.5. The molecule has 4 heteroatoms. The average molecular weight is 326 g/mol. The van der Waals surface area contributed by atoms with E-state index >= 15 is 0 Å². The van der Waals surface area contributed by atoms with E-state index in [0.29, 0.717) is 5.69 Å². The quantitative estimate of drug-likeness (QED) is 0.853. The van der Waals surface area contributed by atoms with E-state index in [-0.39, 0.29) is 6.04 Å². The predicted molar refractivity (Wildman–Crippen MR) is 77.3 cm³/mol. The highest BCUT2D eigenvalue weighted by atomic mass is 79.9. The second-order valence-electron chi connectivity index (χ2n) is 4.50. The lowest BCUT2D eigenvalue weighted by Crippen LogP contribution is -2.18. The molecule has 1 atom stereocenters. The molecule has 2 rings (SSSR count). The van der Waals surface area contributed by atoms with Gasteiger partial charge in [-0.3, -0.25) is 0 Å². The van der Waals surface area contributed by atoms with Crippen molar-refractivity contribution in [3.63, 3.8) is 0 Å². The first-order valence-electron chi connectivity index (χ1n) is 6.00. The summed E-state index contributed by atoms with van der Waals surface area (Å²) >= 11 is 3.39. The van der Waals surface area contributed by atoms with Crippen LogP contribution in [0.2, 0.25) is 0 Å². The zero-order chi connectivity index (χ0) is 13.8. The van der Waals surface area contributed by atoms with Gasteiger partial charge in [0.05, 0.1) is 0 Å². The largest absolute Gasteiger partial charge is 0.382 e. The van der Waals surface area contributed by atoms with Crippen LogP contribution in [0.4, 0.5) is 14.5 Å². The molecule has 1 unspecified atom stereocenters. The molecule has 0 aliphatic carbocycles. The van der Waals surface area contributed by atoms with E-state index in [0.717, 1.165) is 17.0 Å². The monoisotopic (exact) mass is 325 g/mol. The third-order valence-electron chi connectivity index (χ3n) is 2.79. The van der Waals surface area contributed by atoms with Gasteiger partial charge in [0, 0.05) is 22.3 Å². The highest BCUT2D eigenvalue weighted by Gasteiger charge is 2.06. The summed E-state index contributed by atoms with van der Waals surface area (Å²) in [5, 5.41) is 3.15. The Labute approximate surface area is 119 Å². The highest BCUT2D eigenvalue weighted by molar-refractivity contribution is 9.10. The second kappa shape index (κ2) is 6.15. The number of nitrogens with one attached hydrogen (secondary N) is 1. The smallest absolute Gasteiger partial charge is 0.160 e. The Hall–Kier alpha value is -1.42. The van der Waals surface area contributed by atoms with Crippen molar-refractivity contribution in [1.82, 2.24) is 0 Å². The topological polar surface area (TPSA) is 12.0 Å². The molecule has 0 aliphatic heterocycles. The van der Waals surface area contributed by atoms with Crippen LogP contribution in [0.3, 0.4) is 0 Å². The molecule has 0 spiro atoms. The lowest BCUT2D eigenvalue weighted by molar-refractivity contribution is 0.509.